The molecular weight excluding hydrogens is 344 g/mol. The van der Waals surface area contributed by atoms with E-state index in [1.807, 2.05) is 44.2 Å². The lowest BCUT2D eigenvalue weighted by Crippen LogP contribution is -2.16. The van der Waals surface area contributed by atoms with Gasteiger partial charge in [0, 0.05) is 27.1 Å². The van der Waals surface area contributed by atoms with Crippen molar-refractivity contribution in [3.8, 4) is 11.8 Å². The number of halogens is 1. The van der Waals surface area contributed by atoms with Gasteiger partial charge in [0.2, 0.25) is 0 Å². The molecule has 0 fully saturated rings. The smallest absolute Gasteiger partial charge is 0.254 e. The quantitative estimate of drug-likeness (QED) is 0.673. The van der Waals surface area contributed by atoms with Gasteiger partial charge in [-0.05, 0) is 38.1 Å². The Bertz CT molecular complexity index is 771. The topological polar surface area (TPSA) is 70.2 Å². The van der Waals surface area contributed by atoms with E-state index < -0.39 is 5.91 Å². The second kappa shape index (κ2) is 7.05. The molecule has 5 nitrogen and oxygen atoms in total. The summed E-state index contributed by atoms with van der Waals surface area (Å²) in [6.45, 7) is 4.01. The number of rotatable bonds is 4. The molecule has 1 amide bonds. The predicted octanol–water partition coefficient (Wildman–Crippen LogP) is 3.22. The fourth-order valence-electron chi connectivity index (χ4n) is 2.22. The Morgan fingerprint density at radius 1 is 1.45 bits per heavy atom. The highest BCUT2D eigenvalue weighted by Crippen LogP contribution is 2.22. The lowest BCUT2D eigenvalue weighted by Gasteiger charge is -2.09. The molecule has 2 rings (SSSR count). The monoisotopic (exact) mass is 358 g/mol. The third-order valence-corrected chi connectivity index (χ3v) is 3.66. The molecule has 0 aliphatic heterocycles. The average molecular weight is 359 g/mol. The van der Waals surface area contributed by atoms with Crippen molar-refractivity contribution in [2.75, 3.05) is 0 Å². The van der Waals surface area contributed by atoms with Crippen LogP contribution in [0.3, 0.4) is 0 Å². The van der Waals surface area contributed by atoms with Gasteiger partial charge in [-0.15, -0.1) is 0 Å². The Morgan fingerprint density at radius 3 is 2.91 bits per heavy atom. The van der Waals surface area contributed by atoms with E-state index >= 15 is 0 Å². The number of carbonyl (C=O) groups is 1. The molecule has 1 heterocycles. The van der Waals surface area contributed by atoms with Crippen LogP contribution in [-0.4, -0.2) is 16.7 Å². The lowest BCUT2D eigenvalue weighted by molar-refractivity contribution is -0.120. The zero-order chi connectivity index (χ0) is 16.1. The summed E-state index contributed by atoms with van der Waals surface area (Å²) < 4.78 is 3.12. The minimum Gasteiger partial charge on any atom is -0.318 e. The summed E-state index contributed by atoms with van der Waals surface area (Å²) in [5.74, 6) is -0.417. The molecule has 0 atom stereocenters. The highest BCUT2D eigenvalue weighted by Gasteiger charge is 2.09. The molecule has 6 heteroatoms. The van der Waals surface area contributed by atoms with Crippen LogP contribution in [0, 0.1) is 25.2 Å². The molecule has 1 aromatic heterocycles. The number of hydrogen-bond donors (Lipinski definition) is 1. The van der Waals surface area contributed by atoms with E-state index in [2.05, 4.69) is 31.0 Å². The van der Waals surface area contributed by atoms with Crippen LogP contribution in [0.4, 0.5) is 0 Å². The molecular formula is C16H15BrN4O. The first-order valence-corrected chi connectivity index (χ1v) is 7.46. The van der Waals surface area contributed by atoms with Crippen LogP contribution < -0.4 is 5.43 Å². The van der Waals surface area contributed by atoms with E-state index in [9.17, 15) is 4.79 Å². The maximum Gasteiger partial charge on any atom is 0.254 e. The first-order valence-electron chi connectivity index (χ1n) is 6.66. The van der Waals surface area contributed by atoms with Gasteiger partial charge in [-0.2, -0.15) is 10.4 Å². The van der Waals surface area contributed by atoms with Gasteiger partial charge >= 0.3 is 0 Å². The van der Waals surface area contributed by atoms with Crippen molar-refractivity contribution in [1.29, 1.82) is 5.26 Å². The third kappa shape index (κ3) is 3.62. The number of aryl methyl sites for hydroxylation is 1. The zero-order valence-corrected chi connectivity index (χ0v) is 13.9. The normalized spacial score (nSPS) is 10.6. The number of aromatic nitrogens is 1. The lowest BCUT2D eigenvalue weighted by atomic mass is 10.2. The van der Waals surface area contributed by atoms with Crippen molar-refractivity contribution in [3.63, 3.8) is 0 Å². The van der Waals surface area contributed by atoms with Gasteiger partial charge in [-0.25, -0.2) is 5.43 Å². The molecule has 0 aliphatic rings. The largest absolute Gasteiger partial charge is 0.318 e. The summed E-state index contributed by atoms with van der Waals surface area (Å²) >= 11 is 3.47. The zero-order valence-electron chi connectivity index (χ0n) is 12.3. The number of carbonyl (C=O) groups excluding carboxylic acids is 1. The van der Waals surface area contributed by atoms with Crippen LogP contribution in [-0.2, 0) is 4.79 Å². The number of benzene rings is 1. The Hall–Kier alpha value is -2.39. The average Bonchev–Trinajstić information content (AvgIpc) is 2.74. The van der Waals surface area contributed by atoms with E-state index in [1.54, 1.807) is 12.3 Å². The standard InChI is InChI=1S/C16H15BrN4O/c1-11-8-13(10-19-20-16(22)6-7-18)12(2)21(11)15-5-3-4-14(17)9-15/h3-5,8-10H,6H2,1-2H3,(H,20,22)/b19-10-. The van der Waals surface area contributed by atoms with Crippen molar-refractivity contribution in [2.45, 2.75) is 20.3 Å². The molecule has 112 valence electrons. The van der Waals surface area contributed by atoms with Crippen LogP contribution in [0.1, 0.15) is 23.4 Å². The number of nitrogens with zero attached hydrogens (tertiary/aromatic N) is 3. The van der Waals surface area contributed by atoms with Crippen LogP contribution in [0.25, 0.3) is 5.69 Å². The van der Waals surface area contributed by atoms with E-state index in [0.29, 0.717) is 0 Å². The molecule has 0 saturated heterocycles. The van der Waals surface area contributed by atoms with Crippen LogP contribution in [0.5, 0.6) is 0 Å². The number of amides is 1. The molecule has 2 aromatic rings. The summed E-state index contributed by atoms with van der Waals surface area (Å²) in [7, 11) is 0. The van der Waals surface area contributed by atoms with Crippen molar-refractivity contribution >= 4 is 28.1 Å². The van der Waals surface area contributed by atoms with Crippen molar-refractivity contribution in [3.05, 3.63) is 51.8 Å². The van der Waals surface area contributed by atoms with Crippen molar-refractivity contribution in [1.82, 2.24) is 9.99 Å². The maximum atomic E-state index is 11.2. The summed E-state index contributed by atoms with van der Waals surface area (Å²) in [5, 5.41) is 12.3. The summed E-state index contributed by atoms with van der Waals surface area (Å²) in [6.07, 6.45) is 1.39. The van der Waals surface area contributed by atoms with Gasteiger partial charge < -0.3 is 4.57 Å². The predicted molar refractivity (Wildman–Crippen MR) is 88.9 cm³/mol. The fraction of sp³-hybridized carbons (Fsp3) is 0.188. The molecule has 1 N–H and O–H groups in total. The van der Waals surface area contributed by atoms with Crippen LogP contribution in [0.15, 0.2) is 39.9 Å². The first-order chi connectivity index (χ1) is 10.5. The number of hydrogen-bond acceptors (Lipinski definition) is 3. The Labute approximate surface area is 137 Å². The molecule has 0 bridgehead atoms. The molecule has 0 spiro atoms. The van der Waals surface area contributed by atoms with E-state index in [-0.39, 0.29) is 6.42 Å². The molecule has 0 aliphatic carbocycles. The van der Waals surface area contributed by atoms with E-state index in [4.69, 9.17) is 5.26 Å². The number of nitriles is 1. The minimum absolute atomic E-state index is 0.200. The maximum absolute atomic E-state index is 11.2. The highest BCUT2D eigenvalue weighted by molar-refractivity contribution is 9.10. The first kappa shape index (κ1) is 16.0. The second-order valence-electron chi connectivity index (χ2n) is 4.77. The Kier molecular flexibility index (Phi) is 5.12. The second-order valence-corrected chi connectivity index (χ2v) is 5.69. The van der Waals surface area contributed by atoms with Gasteiger partial charge in [0.15, 0.2) is 0 Å². The van der Waals surface area contributed by atoms with E-state index in [0.717, 1.165) is 27.1 Å². The SMILES string of the molecule is Cc1cc(/C=N\NC(=O)CC#N)c(C)n1-c1cccc(Br)c1. The van der Waals surface area contributed by atoms with Gasteiger partial charge in [0.05, 0.1) is 12.3 Å². The minimum atomic E-state index is -0.417. The van der Waals surface area contributed by atoms with Crippen molar-refractivity contribution in [2.24, 2.45) is 5.10 Å². The number of nitrogens with one attached hydrogen (secondary N) is 1. The summed E-state index contributed by atoms with van der Waals surface area (Å²) in [4.78, 5) is 11.2. The van der Waals surface area contributed by atoms with Gasteiger partial charge in [-0.3, -0.25) is 4.79 Å². The Balaban J connectivity index is 2.26. The van der Waals surface area contributed by atoms with Crippen LogP contribution in [0.2, 0.25) is 0 Å². The van der Waals surface area contributed by atoms with Gasteiger partial charge in [0.25, 0.3) is 5.91 Å². The van der Waals surface area contributed by atoms with Gasteiger partial charge in [0.1, 0.15) is 6.42 Å². The summed E-state index contributed by atoms with van der Waals surface area (Å²) in [5.41, 5.74) is 6.39. The number of hydrazone groups is 1. The fourth-order valence-corrected chi connectivity index (χ4v) is 2.60. The van der Waals surface area contributed by atoms with Crippen molar-refractivity contribution < 1.29 is 4.79 Å². The molecule has 22 heavy (non-hydrogen) atoms. The Morgan fingerprint density at radius 2 is 2.23 bits per heavy atom. The highest BCUT2D eigenvalue weighted by atomic mass is 79.9. The molecule has 0 saturated carbocycles. The summed E-state index contributed by atoms with van der Waals surface area (Å²) in [6, 6.07) is 11.8. The molecule has 1 aromatic carbocycles. The van der Waals surface area contributed by atoms with E-state index in [1.165, 1.54) is 0 Å². The molecule has 0 radical (unpaired) electrons. The van der Waals surface area contributed by atoms with Crippen LogP contribution >= 0.6 is 15.9 Å². The third-order valence-electron chi connectivity index (χ3n) is 3.17. The van der Waals surface area contributed by atoms with Gasteiger partial charge in [-0.1, -0.05) is 22.0 Å². The molecule has 0 unspecified atom stereocenters.